The van der Waals surface area contributed by atoms with Crippen LogP contribution in [-0.2, 0) is 34.0 Å². The lowest BCUT2D eigenvalue weighted by Gasteiger charge is -2.63. The summed E-state index contributed by atoms with van der Waals surface area (Å²) in [7, 11) is -3.86. The highest BCUT2D eigenvalue weighted by molar-refractivity contribution is 7.90. The standard InChI is InChI=1S/C36H59N5O7S/c1-10-19-37-31(44)27(42)25(21-23-14-15-23)38-30(43)26-24(22(2)3)16-20-40(26)33(46)29(34(4,5)6)41-32(45)28(36(41)17-12-11-13-18-36)39-49(47,48)35(7,8)9/h10,22-26,28-29,39H,1,11-21H2,2-9H3,(H,37,44)(H,38,43)/t24-,25?,26+,28-,29-/m1/s1. The molecule has 3 N–H and O–H groups in total. The van der Waals surface area contributed by atoms with Crippen LogP contribution in [0.1, 0.15) is 113 Å². The van der Waals surface area contributed by atoms with Crippen LogP contribution in [0.15, 0.2) is 12.7 Å². The van der Waals surface area contributed by atoms with Gasteiger partial charge in [-0.1, -0.05) is 72.8 Å². The Morgan fingerprint density at radius 1 is 1.00 bits per heavy atom. The van der Waals surface area contributed by atoms with Crippen LogP contribution in [0, 0.1) is 23.2 Å². The van der Waals surface area contributed by atoms with Crippen LogP contribution in [-0.4, -0.2) is 95.2 Å². The van der Waals surface area contributed by atoms with Crippen molar-refractivity contribution in [3.05, 3.63) is 12.7 Å². The Balaban J connectivity index is 1.67. The van der Waals surface area contributed by atoms with Gasteiger partial charge >= 0.3 is 0 Å². The van der Waals surface area contributed by atoms with E-state index in [1.165, 1.54) is 6.08 Å². The Labute approximate surface area is 293 Å². The Bertz CT molecular complexity index is 1420. The molecule has 0 aromatic carbocycles. The van der Waals surface area contributed by atoms with E-state index in [0.29, 0.717) is 32.2 Å². The van der Waals surface area contributed by atoms with Gasteiger partial charge in [0.1, 0.15) is 18.1 Å². The lowest BCUT2D eigenvalue weighted by atomic mass is 9.66. The molecule has 2 heterocycles. The minimum Gasteiger partial charge on any atom is -0.346 e. The normalized spacial score (nSPS) is 25.5. The molecule has 49 heavy (non-hydrogen) atoms. The minimum atomic E-state index is -3.86. The van der Waals surface area contributed by atoms with Gasteiger partial charge in [-0.15, -0.1) is 6.58 Å². The third-order valence-electron chi connectivity index (χ3n) is 11.0. The van der Waals surface area contributed by atoms with Crippen molar-refractivity contribution in [2.45, 2.75) is 148 Å². The Morgan fingerprint density at radius 3 is 2.12 bits per heavy atom. The van der Waals surface area contributed by atoms with Crippen LogP contribution in [0.2, 0.25) is 0 Å². The number of hydrogen-bond donors (Lipinski definition) is 3. The molecule has 4 aliphatic rings. The van der Waals surface area contributed by atoms with Crippen molar-refractivity contribution in [1.82, 2.24) is 25.2 Å². The van der Waals surface area contributed by atoms with E-state index in [0.717, 1.165) is 32.1 Å². The summed E-state index contributed by atoms with van der Waals surface area (Å²) in [4.78, 5) is 72.5. The lowest BCUT2D eigenvalue weighted by molar-refractivity contribution is -0.186. The highest BCUT2D eigenvalue weighted by atomic mass is 32.2. The van der Waals surface area contributed by atoms with E-state index in [-0.39, 0.29) is 30.2 Å². The number of β-lactam (4-membered cyclic amide) rings is 1. The number of hydrogen-bond acceptors (Lipinski definition) is 7. The maximum atomic E-state index is 14.9. The van der Waals surface area contributed by atoms with E-state index < -0.39 is 73.4 Å². The molecule has 0 aromatic rings. The van der Waals surface area contributed by atoms with Crippen molar-refractivity contribution in [2.24, 2.45) is 23.2 Å². The summed E-state index contributed by atoms with van der Waals surface area (Å²) in [5.74, 6) is -2.72. The first-order valence-corrected chi connectivity index (χ1v) is 19.5. The van der Waals surface area contributed by atoms with Gasteiger partial charge in [-0.25, -0.2) is 8.42 Å². The van der Waals surface area contributed by atoms with Gasteiger partial charge in [0.25, 0.3) is 5.91 Å². The minimum absolute atomic E-state index is 0.0293. The van der Waals surface area contributed by atoms with Gasteiger partial charge in [-0.05, 0) is 69.6 Å². The molecular formula is C36H59N5O7S. The van der Waals surface area contributed by atoms with Gasteiger partial charge in [0, 0.05) is 13.1 Å². The quantitative estimate of drug-likeness (QED) is 0.151. The average Bonchev–Trinajstić information content (AvgIpc) is 3.72. The molecule has 4 fully saturated rings. The van der Waals surface area contributed by atoms with Crippen molar-refractivity contribution in [1.29, 1.82) is 0 Å². The summed E-state index contributed by atoms with van der Waals surface area (Å²) in [6.07, 6.45) is 7.89. The van der Waals surface area contributed by atoms with Crippen LogP contribution >= 0.6 is 0 Å². The first kappa shape index (κ1) is 39.0. The second-order valence-electron chi connectivity index (χ2n) is 17.1. The predicted molar refractivity (Wildman–Crippen MR) is 187 cm³/mol. The molecule has 2 saturated heterocycles. The lowest BCUT2D eigenvalue weighted by Crippen LogP contribution is -2.84. The van der Waals surface area contributed by atoms with E-state index in [1.54, 1.807) is 30.6 Å². The summed E-state index contributed by atoms with van der Waals surface area (Å²) in [6, 6.07) is -3.86. The Kier molecular flexibility index (Phi) is 11.5. The molecule has 0 bridgehead atoms. The van der Waals surface area contributed by atoms with E-state index >= 15 is 0 Å². The summed E-state index contributed by atoms with van der Waals surface area (Å²) in [5, 5.41) is 5.39. The van der Waals surface area contributed by atoms with Gasteiger partial charge in [0.15, 0.2) is 0 Å². The van der Waals surface area contributed by atoms with Gasteiger partial charge in [-0.3, -0.25) is 24.0 Å². The monoisotopic (exact) mass is 705 g/mol. The third kappa shape index (κ3) is 7.92. The van der Waals surface area contributed by atoms with Gasteiger partial charge < -0.3 is 20.4 Å². The van der Waals surface area contributed by atoms with Crippen molar-refractivity contribution < 1.29 is 32.4 Å². The second kappa shape index (κ2) is 14.4. The maximum Gasteiger partial charge on any atom is 0.289 e. The number of likely N-dealkylation sites (tertiary alicyclic amines) is 2. The second-order valence-corrected chi connectivity index (χ2v) is 19.6. The van der Waals surface area contributed by atoms with Gasteiger partial charge in [0.2, 0.25) is 33.5 Å². The molecule has 4 amide bonds. The number of carbonyl (C=O) groups excluding carboxylic acids is 5. The summed E-state index contributed by atoms with van der Waals surface area (Å²) in [5.41, 5.74) is -1.62. The van der Waals surface area contributed by atoms with E-state index in [1.807, 2.05) is 34.6 Å². The first-order chi connectivity index (χ1) is 22.7. The maximum absolute atomic E-state index is 14.9. The summed E-state index contributed by atoms with van der Waals surface area (Å²) in [6.45, 7) is 18.4. The van der Waals surface area contributed by atoms with Crippen LogP contribution in [0.3, 0.4) is 0 Å². The smallest absolute Gasteiger partial charge is 0.289 e. The number of ketones is 1. The molecular weight excluding hydrogens is 646 g/mol. The number of amides is 4. The van der Waals surface area contributed by atoms with Gasteiger partial charge in [0.05, 0.1) is 16.3 Å². The zero-order chi connectivity index (χ0) is 36.7. The fourth-order valence-corrected chi connectivity index (χ4v) is 8.92. The number of carbonyl (C=O) groups is 5. The molecule has 0 aromatic heterocycles. The molecule has 2 aliphatic heterocycles. The van der Waals surface area contributed by atoms with Crippen LogP contribution in [0.5, 0.6) is 0 Å². The van der Waals surface area contributed by atoms with Crippen molar-refractivity contribution in [3.63, 3.8) is 0 Å². The first-order valence-electron chi connectivity index (χ1n) is 18.1. The number of nitrogens with one attached hydrogen (secondary N) is 3. The Morgan fingerprint density at radius 2 is 1.61 bits per heavy atom. The zero-order valence-electron chi connectivity index (χ0n) is 30.8. The molecule has 0 radical (unpaired) electrons. The molecule has 13 heteroatoms. The summed E-state index contributed by atoms with van der Waals surface area (Å²) < 4.78 is 28.2. The molecule has 2 aliphatic carbocycles. The fourth-order valence-electron chi connectivity index (χ4n) is 7.94. The average molecular weight is 706 g/mol. The van der Waals surface area contributed by atoms with Crippen LogP contribution in [0.25, 0.3) is 0 Å². The molecule has 12 nitrogen and oxygen atoms in total. The van der Waals surface area contributed by atoms with Crippen molar-refractivity contribution >= 4 is 39.4 Å². The highest BCUT2D eigenvalue weighted by Crippen LogP contribution is 2.49. The Hall–Kier alpha value is -2.80. The molecule has 4 rings (SSSR count). The van der Waals surface area contributed by atoms with Gasteiger partial charge in [-0.2, -0.15) is 4.72 Å². The van der Waals surface area contributed by atoms with E-state index in [9.17, 15) is 32.4 Å². The molecule has 276 valence electrons. The third-order valence-corrected chi connectivity index (χ3v) is 13.2. The van der Waals surface area contributed by atoms with Crippen molar-refractivity contribution in [3.8, 4) is 0 Å². The topological polar surface area (TPSA) is 162 Å². The van der Waals surface area contributed by atoms with Crippen LogP contribution < -0.4 is 15.4 Å². The SMILES string of the molecule is C=CCNC(=O)C(=O)C(CC1CC1)NC(=O)[C@@H]1[C@@H](C(C)C)CCN1C(=O)[C@@H](N1C(=O)[C@@H](NS(=O)(=O)C(C)(C)C)C12CCCCC2)C(C)(C)C. The van der Waals surface area contributed by atoms with Crippen LogP contribution in [0.4, 0.5) is 0 Å². The molecule has 1 spiro atoms. The number of Topliss-reactive ketones (excluding diaryl/α,β-unsaturated/α-hetero) is 1. The van der Waals surface area contributed by atoms with E-state index in [2.05, 4.69) is 21.9 Å². The number of nitrogens with zero attached hydrogens (tertiary/aromatic N) is 2. The van der Waals surface area contributed by atoms with Crippen molar-refractivity contribution in [2.75, 3.05) is 13.1 Å². The highest BCUT2D eigenvalue weighted by Gasteiger charge is 2.66. The van der Waals surface area contributed by atoms with E-state index in [4.69, 9.17) is 0 Å². The number of sulfonamides is 1. The predicted octanol–water partition coefficient (Wildman–Crippen LogP) is 3.06. The summed E-state index contributed by atoms with van der Waals surface area (Å²) >= 11 is 0. The molecule has 5 atom stereocenters. The number of rotatable bonds is 13. The fraction of sp³-hybridized carbons (Fsp3) is 0.806. The molecule has 2 saturated carbocycles. The largest absolute Gasteiger partial charge is 0.346 e. The molecule has 1 unspecified atom stereocenters. The zero-order valence-corrected chi connectivity index (χ0v) is 31.6.